The minimum atomic E-state index is -1.01. The van der Waals surface area contributed by atoms with Gasteiger partial charge in [0.05, 0.1) is 11.0 Å². The van der Waals surface area contributed by atoms with E-state index in [4.69, 9.17) is 0 Å². The second-order valence-corrected chi connectivity index (χ2v) is 6.65. The second-order valence-electron chi connectivity index (χ2n) is 6.65. The van der Waals surface area contributed by atoms with Crippen LogP contribution in [0.3, 0.4) is 0 Å². The van der Waals surface area contributed by atoms with Crippen molar-refractivity contribution in [1.29, 1.82) is 0 Å². The first kappa shape index (κ1) is 19.6. The molecule has 0 bridgehead atoms. The number of nitrogens with one attached hydrogen (secondary N) is 1. The lowest BCUT2D eigenvalue weighted by Crippen LogP contribution is -2.45. The number of nitrogens with zero attached hydrogens (tertiary/aromatic N) is 2. The Bertz CT molecular complexity index is 888. The van der Waals surface area contributed by atoms with Crippen LogP contribution in [-0.2, 0) is 23.1 Å². The van der Waals surface area contributed by atoms with Gasteiger partial charge in [-0.3, -0.25) is 9.59 Å². The normalized spacial score (nSPS) is 13.4. The number of aromatic nitrogens is 2. The summed E-state index contributed by atoms with van der Waals surface area (Å²) in [6.45, 7) is 5.37. The summed E-state index contributed by atoms with van der Waals surface area (Å²) in [6.07, 6.45) is 1.33. The fraction of sp³-hybridized carbons (Fsp3) is 0.474. The van der Waals surface area contributed by atoms with Crippen LogP contribution in [0.2, 0.25) is 0 Å². The van der Waals surface area contributed by atoms with Crippen molar-refractivity contribution in [2.24, 2.45) is 13.0 Å². The Balaban J connectivity index is 2.09. The smallest absolute Gasteiger partial charge is 0.326 e. The number of carbonyl (C=O) groups excluding carboxylic acids is 1. The molecule has 2 aromatic rings. The van der Waals surface area contributed by atoms with Gasteiger partial charge in [0.2, 0.25) is 5.91 Å². The number of rotatable bonds is 7. The highest BCUT2D eigenvalue weighted by atomic mass is 16.4. The molecule has 0 fully saturated rings. The van der Waals surface area contributed by atoms with Gasteiger partial charge in [-0.1, -0.05) is 26.3 Å². The molecule has 1 aromatic carbocycles. The minimum absolute atomic E-state index is 0.130. The topological polar surface area (TPSA) is 101 Å². The molecule has 1 heterocycles. The van der Waals surface area contributed by atoms with Gasteiger partial charge in [-0.15, -0.1) is 0 Å². The Kier molecular flexibility index (Phi) is 6.13. The zero-order valence-electron chi connectivity index (χ0n) is 15.6. The van der Waals surface area contributed by atoms with Crippen LogP contribution in [0.25, 0.3) is 11.0 Å². The molecule has 0 saturated carbocycles. The van der Waals surface area contributed by atoms with Crippen molar-refractivity contribution in [3.8, 4) is 0 Å². The van der Waals surface area contributed by atoms with Gasteiger partial charge in [-0.05, 0) is 37.0 Å². The molecule has 0 radical (unpaired) electrons. The van der Waals surface area contributed by atoms with Crippen LogP contribution in [0.5, 0.6) is 0 Å². The van der Waals surface area contributed by atoms with Crippen molar-refractivity contribution in [1.82, 2.24) is 14.9 Å². The Morgan fingerprint density at radius 1 is 1.35 bits per heavy atom. The Hall–Kier alpha value is -2.70. The van der Waals surface area contributed by atoms with Crippen molar-refractivity contribution in [2.45, 2.75) is 46.1 Å². The van der Waals surface area contributed by atoms with Crippen LogP contribution in [0.4, 0.5) is 0 Å². The number of amides is 1. The molecule has 0 spiro atoms. The number of carboxylic acid groups (broad SMARTS) is 1. The summed E-state index contributed by atoms with van der Waals surface area (Å²) in [5, 5.41) is 11.9. The second kappa shape index (κ2) is 8.12. The van der Waals surface area contributed by atoms with Crippen LogP contribution in [0, 0.1) is 12.8 Å². The molecule has 26 heavy (non-hydrogen) atoms. The molecule has 0 aliphatic heterocycles. The molecule has 1 amide bonds. The van der Waals surface area contributed by atoms with E-state index in [-0.39, 0.29) is 23.8 Å². The quantitative estimate of drug-likeness (QED) is 0.785. The Morgan fingerprint density at radius 3 is 2.65 bits per heavy atom. The SMILES string of the molecule is CC[C@H](C)[C@H](NC(=O)CCc1ccc2c(c1)nc(C)c(=O)n2C)C(=O)O. The number of benzene rings is 1. The predicted molar refractivity (Wildman–Crippen MR) is 99.1 cm³/mol. The van der Waals surface area contributed by atoms with E-state index in [9.17, 15) is 19.5 Å². The highest BCUT2D eigenvalue weighted by molar-refractivity contribution is 5.84. The van der Waals surface area contributed by atoms with Crippen LogP contribution >= 0.6 is 0 Å². The third-order valence-electron chi connectivity index (χ3n) is 4.74. The summed E-state index contributed by atoms with van der Waals surface area (Å²) in [4.78, 5) is 39.7. The fourth-order valence-corrected chi connectivity index (χ4v) is 2.86. The maximum atomic E-state index is 12.1. The lowest BCUT2D eigenvalue weighted by Gasteiger charge is -2.20. The van der Waals surface area contributed by atoms with Gasteiger partial charge in [0.15, 0.2) is 0 Å². The fourth-order valence-electron chi connectivity index (χ4n) is 2.86. The third kappa shape index (κ3) is 4.28. The highest BCUT2D eigenvalue weighted by Crippen LogP contribution is 2.14. The van der Waals surface area contributed by atoms with E-state index in [2.05, 4.69) is 10.3 Å². The van der Waals surface area contributed by atoms with Gasteiger partial charge in [-0.2, -0.15) is 0 Å². The van der Waals surface area contributed by atoms with Crippen molar-refractivity contribution in [2.75, 3.05) is 0 Å². The van der Waals surface area contributed by atoms with E-state index in [0.29, 0.717) is 24.1 Å². The number of carbonyl (C=O) groups is 2. The first-order valence-corrected chi connectivity index (χ1v) is 8.73. The Morgan fingerprint density at radius 2 is 2.04 bits per heavy atom. The maximum Gasteiger partial charge on any atom is 0.326 e. The van der Waals surface area contributed by atoms with E-state index < -0.39 is 12.0 Å². The maximum absolute atomic E-state index is 12.1. The van der Waals surface area contributed by atoms with Gasteiger partial charge in [-0.25, -0.2) is 9.78 Å². The molecule has 2 atom stereocenters. The minimum Gasteiger partial charge on any atom is -0.480 e. The molecule has 0 unspecified atom stereocenters. The van der Waals surface area contributed by atoms with Crippen LogP contribution in [0.15, 0.2) is 23.0 Å². The molecule has 0 saturated heterocycles. The largest absolute Gasteiger partial charge is 0.480 e. The van der Waals surface area contributed by atoms with Crippen LogP contribution in [0.1, 0.15) is 37.9 Å². The monoisotopic (exact) mass is 359 g/mol. The third-order valence-corrected chi connectivity index (χ3v) is 4.74. The van der Waals surface area contributed by atoms with E-state index in [1.807, 2.05) is 25.1 Å². The van der Waals surface area contributed by atoms with Gasteiger partial charge in [0.25, 0.3) is 5.56 Å². The predicted octanol–water partition coefficient (Wildman–Crippen LogP) is 1.79. The van der Waals surface area contributed by atoms with Gasteiger partial charge < -0.3 is 15.0 Å². The van der Waals surface area contributed by atoms with E-state index in [1.54, 1.807) is 25.5 Å². The van der Waals surface area contributed by atoms with E-state index in [0.717, 1.165) is 11.1 Å². The van der Waals surface area contributed by atoms with Crippen molar-refractivity contribution < 1.29 is 14.7 Å². The molecular formula is C19H25N3O4. The van der Waals surface area contributed by atoms with Crippen LogP contribution < -0.4 is 10.9 Å². The van der Waals surface area contributed by atoms with E-state index >= 15 is 0 Å². The van der Waals surface area contributed by atoms with Gasteiger partial charge in [0, 0.05) is 13.5 Å². The number of fused-ring (bicyclic) bond motifs is 1. The zero-order valence-corrected chi connectivity index (χ0v) is 15.6. The molecule has 140 valence electrons. The summed E-state index contributed by atoms with van der Waals surface area (Å²) in [5.41, 5.74) is 2.64. The molecule has 2 N–H and O–H groups in total. The standard InChI is InChI=1S/C19H25N3O4/c1-5-11(2)17(19(25)26)21-16(23)9-7-13-6-8-15-14(10-13)20-12(3)18(24)22(15)4/h6,8,10-11,17H,5,7,9H2,1-4H3,(H,21,23)(H,25,26)/t11-,17-/m0/s1. The summed E-state index contributed by atoms with van der Waals surface area (Å²) >= 11 is 0. The average Bonchev–Trinajstić information content (AvgIpc) is 2.61. The van der Waals surface area contributed by atoms with E-state index in [1.165, 1.54) is 0 Å². The summed E-state index contributed by atoms with van der Waals surface area (Å²) < 4.78 is 1.55. The molecule has 1 aromatic heterocycles. The molecule has 7 heteroatoms. The molecule has 0 aliphatic carbocycles. The van der Waals surface area contributed by atoms with Crippen LogP contribution in [-0.4, -0.2) is 32.6 Å². The first-order chi connectivity index (χ1) is 12.2. The Labute approximate surface area is 152 Å². The molecule has 7 nitrogen and oxygen atoms in total. The number of hydrogen-bond donors (Lipinski definition) is 2. The summed E-state index contributed by atoms with van der Waals surface area (Å²) in [6, 6.07) is 4.66. The first-order valence-electron chi connectivity index (χ1n) is 8.73. The van der Waals surface area contributed by atoms with Crippen molar-refractivity contribution in [3.63, 3.8) is 0 Å². The van der Waals surface area contributed by atoms with Crippen molar-refractivity contribution >= 4 is 22.9 Å². The highest BCUT2D eigenvalue weighted by Gasteiger charge is 2.25. The average molecular weight is 359 g/mol. The molecule has 2 rings (SSSR count). The van der Waals surface area contributed by atoms with Gasteiger partial charge >= 0.3 is 5.97 Å². The lowest BCUT2D eigenvalue weighted by atomic mass is 9.99. The van der Waals surface area contributed by atoms with Crippen molar-refractivity contribution in [3.05, 3.63) is 39.8 Å². The van der Waals surface area contributed by atoms with Gasteiger partial charge in [0.1, 0.15) is 11.7 Å². The summed E-state index contributed by atoms with van der Waals surface area (Å²) in [5.74, 6) is -1.44. The molecule has 0 aliphatic rings. The number of hydrogen-bond acceptors (Lipinski definition) is 4. The lowest BCUT2D eigenvalue weighted by molar-refractivity contribution is -0.143. The zero-order chi connectivity index (χ0) is 19.4. The molecular weight excluding hydrogens is 334 g/mol. The number of aryl methyl sites for hydroxylation is 3. The number of aliphatic carboxylic acids is 1. The number of carboxylic acids is 1. The summed E-state index contributed by atoms with van der Waals surface area (Å²) in [7, 11) is 1.70.